The van der Waals surface area contributed by atoms with E-state index in [0.717, 1.165) is 12.1 Å². The molecular formula is C10H5ClF2N4O3S. The van der Waals surface area contributed by atoms with Gasteiger partial charge < -0.3 is 0 Å². The molecule has 21 heavy (non-hydrogen) atoms. The Balaban J connectivity index is 2.26. The SMILES string of the molecule is O=C(Nc1nnc(C(F)F)s1)c1ccc(Cl)cc1[N+](=O)[O-]. The van der Waals surface area contributed by atoms with Gasteiger partial charge in [-0.2, -0.15) is 0 Å². The number of nitrogens with one attached hydrogen (secondary N) is 1. The molecule has 2 rings (SSSR count). The van der Waals surface area contributed by atoms with Crippen molar-refractivity contribution in [2.24, 2.45) is 0 Å². The first-order valence-corrected chi connectivity index (χ1v) is 6.44. The van der Waals surface area contributed by atoms with E-state index in [1.165, 1.54) is 6.07 Å². The Morgan fingerprint density at radius 3 is 2.71 bits per heavy atom. The summed E-state index contributed by atoms with van der Waals surface area (Å²) in [7, 11) is 0. The molecular weight excluding hydrogens is 330 g/mol. The lowest BCUT2D eigenvalue weighted by Gasteiger charge is -2.02. The minimum Gasteiger partial charge on any atom is -0.296 e. The first kappa shape index (κ1) is 15.2. The maximum absolute atomic E-state index is 12.3. The molecule has 0 saturated carbocycles. The first-order valence-electron chi connectivity index (χ1n) is 5.25. The van der Waals surface area contributed by atoms with E-state index in [1.807, 2.05) is 0 Å². The third-order valence-electron chi connectivity index (χ3n) is 2.25. The van der Waals surface area contributed by atoms with Gasteiger partial charge in [-0.3, -0.25) is 20.2 Å². The molecule has 2 aromatic rings. The van der Waals surface area contributed by atoms with E-state index in [-0.39, 0.29) is 15.7 Å². The monoisotopic (exact) mass is 334 g/mol. The molecule has 1 N–H and O–H groups in total. The number of hydrogen-bond donors (Lipinski definition) is 1. The molecule has 1 aromatic heterocycles. The number of carbonyl (C=O) groups excluding carboxylic acids is 1. The van der Waals surface area contributed by atoms with Crippen molar-refractivity contribution in [2.75, 3.05) is 5.32 Å². The van der Waals surface area contributed by atoms with Gasteiger partial charge in [0.2, 0.25) is 5.13 Å². The van der Waals surface area contributed by atoms with E-state index < -0.39 is 28.0 Å². The van der Waals surface area contributed by atoms with Crippen LogP contribution in [0.4, 0.5) is 19.6 Å². The van der Waals surface area contributed by atoms with Crippen LogP contribution in [0.15, 0.2) is 18.2 Å². The minimum atomic E-state index is -2.81. The fraction of sp³-hybridized carbons (Fsp3) is 0.100. The molecule has 0 fully saturated rings. The number of amides is 1. The minimum absolute atomic E-state index is 0.0918. The maximum atomic E-state index is 12.3. The van der Waals surface area contributed by atoms with Crippen molar-refractivity contribution in [1.29, 1.82) is 0 Å². The molecule has 11 heteroatoms. The molecule has 0 aliphatic rings. The van der Waals surface area contributed by atoms with Gasteiger partial charge in [-0.1, -0.05) is 22.9 Å². The van der Waals surface area contributed by atoms with E-state index in [9.17, 15) is 23.7 Å². The molecule has 1 amide bonds. The number of aromatic nitrogens is 2. The summed E-state index contributed by atoms with van der Waals surface area (Å²) < 4.78 is 24.7. The van der Waals surface area contributed by atoms with Crippen LogP contribution in [0.2, 0.25) is 5.02 Å². The van der Waals surface area contributed by atoms with Crippen molar-refractivity contribution in [2.45, 2.75) is 6.43 Å². The van der Waals surface area contributed by atoms with Gasteiger partial charge in [-0.05, 0) is 12.1 Å². The van der Waals surface area contributed by atoms with Crippen LogP contribution in [-0.4, -0.2) is 21.0 Å². The summed E-state index contributed by atoms with van der Waals surface area (Å²) in [5.41, 5.74) is -0.767. The Kier molecular flexibility index (Phi) is 4.38. The second-order valence-electron chi connectivity index (χ2n) is 3.62. The summed E-state index contributed by atoms with van der Waals surface area (Å²) in [5, 5.41) is 18.9. The van der Waals surface area contributed by atoms with E-state index in [4.69, 9.17) is 11.6 Å². The second kappa shape index (κ2) is 6.06. The lowest BCUT2D eigenvalue weighted by molar-refractivity contribution is -0.385. The van der Waals surface area contributed by atoms with Crippen molar-refractivity contribution in [3.05, 3.63) is 43.9 Å². The van der Waals surface area contributed by atoms with Crippen LogP contribution < -0.4 is 5.32 Å². The number of halogens is 3. The van der Waals surface area contributed by atoms with Crippen molar-refractivity contribution in [3.63, 3.8) is 0 Å². The smallest absolute Gasteiger partial charge is 0.291 e. The fourth-order valence-electron chi connectivity index (χ4n) is 1.39. The zero-order valence-corrected chi connectivity index (χ0v) is 11.5. The van der Waals surface area contributed by atoms with Gasteiger partial charge in [0, 0.05) is 11.1 Å². The van der Waals surface area contributed by atoms with Gasteiger partial charge in [0.05, 0.1) is 4.92 Å². The van der Waals surface area contributed by atoms with E-state index in [2.05, 4.69) is 15.5 Å². The summed E-state index contributed by atoms with van der Waals surface area (Å²) >= 11 is 6.11. The molecule has 0 aliphatic carbocycles. The summed E-state index contributed by atoms with van der Waals surface area (Å²) in [6, 6.07) is 3.47. The quantitative estimate of drug-likeness (QED) is 0.683. The van der Waals surface area contributed by atoms with Crippen molar-refractivity contribution < 1.29 is 18.5 Å². The zero-order valence-electron chi connectivity index (χ0n) is 9.92. The number of rotatable bonds is 4. The Morgan fingerprint density at radius 2 is 2.14 bits per heavy atom. The van der Waals surface area contributed by atoms with Crippen molar-refractivity contribution >= 4 is 39.7 Å². The highest BCUT2D eigenvalue weighted by atomic mass is 35.5. The lowest BCUT2D eigenvalue weighted by Crippen LogP contribution is -2.13. The first-order chi connectivity index (χ1) is 9.88. The van der Waals surface area contributed by atoms with Crippen LogP contribution in [0.3, 0.4) is 0 Å². The fourth-order valence-corrected chi connectivity index (χ4v) is 2.15. The van der Waals surface area contributed by atoms with Crippen LogP contribution in [0.5, 0.6) is 0 Å². The van der Waals surface area contributed by atoms with Crippen LogP contribution in [-0.2, 0) is 0 Å². The van der Waals surface area contributed by atoms with Crippen LogP contribution in [0.25, 0.3) is 0 Å². The van der Waals surface area contributed by atoms with Gasteiger partial charge >= 0.3 is 0 Å². The zero-order chi connectivity index (χ0) is 15.6. The molecule has 1 heterocycles. The summed E-state index contributed by atoms with van der Waals surface area (Å²) in [6.07, 6.45) is -2.81. The van der Waals surface area contributed by atoms with E-state index in [0.29, 0.717) is 11.3 Å². The molecule has 0 radical (unpaired) electrons. The normalized spacial score (nSPS) is 10.7. The number of nitrogens with zero attached hydrogens (tertiary/aromatic N) is 3. The van der Waals surface area contributed by atoms with Crippen LogP contribution in [0, 0.1) is 10.1 Å². The van der Waals surface area contributed by atoms with Gasteiger partial charge in [0.15, 0.2) is 5.01 Å². The van der Waals surface area contributed by atoms with E-state index in [1.54, 1.807) is 0 Å². The van der Waals surface area contributed by atoms with Gasteiger partial charge in [-0.25, -0.2) is 8.78 Å². The second-order valence-corrected chi connectivity index (χ2v) is 5.06. The molecule has 7 nitrogen and oxygen atoms in total. The standard InChI is InChI=1S/C10H5ClF2N4O3S/c11-4-1-2-5(6(3-4)17(19)20)8(18)14-10-16-15-9(21-10)7(12)13/h1-3,7H,(H,14,16,18). The average molecular weight is 335 g/mol. The predicted octanol–water partition coefficient (Wildman–Crippen LogP) is 3.29. The third kappa shape index (κ3) is 3.47. The highest BCUT2D eigenvalue weighted by Crippen LogP contribution is 2.27. The summed E-state index contributed by atoms with van der Waals surface area (Å²) in [4.78, 5) is 22.0. The highest BCUT2D eigenvalue weighted by Gasteiger charge is 2.22. The summed E-state index contributed by atoms with van der Waals surface area (Å²) in [6.45, 7) is 0. The molecule has 0 saturated heterocycles. The van der Waals surface area contributed by atoms with Crippen LogP contribution in [0.1, 0.15) is 21.8 Å². The number of carbonyl (C=O) groups is 1. The maximum Gasteiger partial charge on any atom is 0.291 e. The average Bonchev–Trinajstić information content (AvgIpc) is 2.87. The molecule has 0 aliphatic heterocycles. The van der Waals surface area contributed by atoms with Gasteiger partial charge in [-0.15, -0.1) is 10.2 Å². The largest absolute Gasteiger partial charge is 0.296 e. The topological polar surface area (TPSA) is 98.0 Å². The number of hydrogen-bond acceptors (Lipinski definition) is 6. The number of benzene rings is 1. The number of alkyl halides is 2. The van der Waals surface area contributed by atoms with Crippen LogP contribution >= 0.6 is 22.9 Å². The molecule has 0 spiro atoms. The predicted molar refractivity (Wildman–Crippen MR) is 70.9 cm³/mol. The number of nitro groups is 1. The number of anilines is 1. The van der Waals surface area contributed by atoms with Crippen molar-refractivity contribution in [3.8, 4) is 0 Å². The Morgan fingerprint density at radius 1 is 1.43 bits per heavy atom. The molecule has 0 unspecified atom stereocenters. The molecule has 0 atom stereocenters. The lowest BCUT2D eigenvalue weighted by atomic mass is 10.1. The Hall–Kier alpha value is -2.20. The molecule has 0 bridgehead atoms. The highest BCUT2D eigenvalue weighted by molar-refractivity contribution is 7.15. The van der Waals surface area contributed by atoms with Gasteiger partial charge in [0.25, 0.3) is 18.0 Å². The number of nitro benzene ring substituents is 1. The Bertz CT molecular complexity index is 709. The Labute approximate surface area is 124 Å². The van der Waals surface area contributed by atoms with Gasteiger partial charge in [0.1, 0.15) is 5.56 Å². The third-order valence-corrected chi connectivity index (χ3v) is 3.33. The molecule has 110 valence electrons. The van der Waals surface area contributed by atoms with Crippen molar-refractivity contribution in [1.82, 2.24) is 10.2 Å². The summed E-state index contributed by atoms with van der Waals surface area (Å²) in [5.74, 6) is -0.865. The molecule has 1 aromatic carbocycles. The van der Waals surface area contributed by atoms with E-state index >= 15 is 0 Å².